The largest absolute Gasteiger partial charge is 0.490 e. The van der Waals surface area contributed by atoms with Crippen molar-refractivity contribution in [1.82, 2.24) is 9.80 Å². The molecule has 9 heteroatoms. The van der Waals surface area contributed by atoms with Gasteiger partial charge in [0.25, 0.3) is 5.91 Å². The number of piperazine rings is 1. The van der Waals surface area contributed by atoms with Gasteiger partial charge >= 0.3 is 0 Å². The first-order valence-corrected chi connectivity index (χ1v) is 12.6. The summed E-state index contributed by atoms with van der Waals surface area (Å²) in [5.74, 6) is 0.725. The van der Waals surface area contributed by atoms with Gasteiger partial charge in [-0.2, -0.15) is 0 Å². The Kier molecular flexibility index (Phi) is 9.37. The molecule has 1 heterocycles. The molecule has 0 spiro atoms. The van der Waals surface area contributed by atoms with Crippen molar-refractivity contribution in [2.75, 3.05) is 51.3 Å². The number of nitrogens with one attached hydrogen (secondary N) is 1. The van der Waals surface area contributed by atoms with E-state index >= 15 is 0 Å². The number of anilines is 1. The van der Waals surface area contributed by atoms with Gasteiger partial charge in [0.2, 0.25) is 0 Å². The number of ether oxygens (including phenoxy) is 2. The Bertz CT molecular complexity index is 1010. The second-order valence-corrected chi connectivity index (χ2v) is 9.34. The molecule has 1 aliphatic heterocycles. The summed E-state index contributed by atoms with van der Waals surface area (Å²) in [7, 11) is 0. The fraction of sp³-hybridized carbons (Fsp3) is 0.417. The lowest BCUT2D eigenvalue weighted by molar-refractivity contribution is -0.118. The summed E-state index contributed by atoms with van der Waals surface area (Å²) in [5, 5.41) is 3.43. The Morgan fingerprint density at radius 1 is 1.18 bits per heavy atom. The highest BCUT2D eigenvalue weighted by Crippen LogP contribution is 2.37. The van der Waals surface area contributed by atoms with E-state index < -0.39 is 0 Å². The van der Waals surface area contributed by atoms with Crippen molar-refractivity contribution in [3.05, 3.63) is 51.0 Å². The fourth-order valence-corrected chi connectivity index (χ4v) is 4.64. The second-order valence-electron chi connectivity index (χ2n) is 7.69. The van der Waals surface area contributed by atoms with Gasteiger partial charge in [-0.3, -0.25) is 4.79 Å². The third-order valence-corrected chi connectivity index (χ3v) is 7.04. The normalized spacial score (nSPS) is 14.2. The van der Waals surface area contributed by atoms with E-state index in [4.69, 9.17) is 33.3 Å². The molecule has 6 nitrogen and oxygen atoms in total. The van der Waals surface area contributed by atoms with Gasteiger partial charge in [0.15, 0.2) is 18.1 Å². The Labute approximate surface area is 214 Å². The van der Waals surface area contributed by atoms with Crippen molar-refractivity contribution in [1.29, 1.82) is 0 Å². The highest BCUT2D eigenvalue weighted by atomic mass is 79.9. The van der Waals surface area contributed by atoms with Crippen LogP contribution in [0.5, 0.6) is 11.5 Å². The molecule has 0 aromatic heterocycles. The molecule has 0 bridgehead atoms. The molecule has 178 valence electrons. The Morgan fingerprint density at radius 3 is 2.58 bits per heavy atom. The zero-order valence-corrected chi connectivity index (χ0v) is 22.3. The van der Waals surface area contributed by atoms with Gasteiger partial charge in [-0.05, 0) is 66.2 Å². The molecule has 0 radical (unpaired) electrons. The number of carbonyl (C=O) groups excluding carboxylic acids is 1. The molecular weight excluding hydrogens is 526 g/mol. The van der Waals surface area contributed by atoms with Gasteiger partial charge in [-0.15, -0.1) is 0 Å². The summed E-state index contributed by atoms with van der Waals surface area (Å²) in [6.07, 6.45) is 0. The molecule has 1 N–H and O–H groups in total. The van der Waals surface area contributed by atoms with Crippen LogP contribution in [0, 0.1) is 6.92 Å². The van der Waals surface area contributed by atoms with Crippen LogP contribution in [0.4, 0.5) is 5.69 Å². The number of amides is 1. The minimum atomic E-state index is -0.289. The van der Waals surface area contributed by atoms with E-state index in [-0.39, 0.29) is 12.5 Å². The standard InChI is InChI=1S/C24H29BrClN3O3S/c1-4-28-9-11-29(12-10-28)24(33)17-13-18(25)23(21(14-17)31-5-2)32-15-22(30)27-20-8-6-7-19(26)16(20)3/h6-8,13-14H,4-5,9-12,15H2,1-3H3,(H,27,30). The summed E-state index contributed by atoms with van der Waals surface area (Å²) in [6, 6.07) is 9.18. The monoisotopic (exact) mass is 553 g/mol. The summed E-state index contributed by atoms with van der Waals surface area (Å²) >= 11 is 15.5. The van der Waals surface area contributed by atoms with Gasteiger partial charge in [0.1, 0.15) is 4.99 Å². The van der Waals surface area contributed by atoms with Crippen LogP contribution >= 0.6 is 39.7 Å². The molecule has 2 aromatic rings. The quantitative estimate of drug-likeness (QED) is 0.456. The number of benzene rings is 2. The highest BCUT2D eigenvalue weighted by Gasteiger charge is 2.22. The molecule has 1 aliphatic rings. The molecule has 1 amide bonds. The lowest BCUT2D eigenvalue weighted by atomic mass is 10.1. The van der Waals surface area contributed by atoms with Crippen LogP contribution in [0.15, 0.2) is 34.8 Å². The average molecular weight is 555 g/mol. The summed E-state index contributed by atoms with van der Waals surface area (Å²) in [4.78, 5) is 17.9. The molecule has 0 unspecified atom stereocenters. The third-order valence-electron chi connectivity index (χ3n) is 5.55. The van der Waals surface area contributed by atoms with Gasteiger partial charge < -0.3 is 24.6 Å². The number of hydrogen-bond donors (Lipinski definition) is 1. The average Bonchev–Trinajstić information content (AvgIpc) is 2.81. The van der Waals surface area contributed by atoms with E-state index in [1.54, 1.807) is 18.2 Å². The van der Waals surface area contributed by atoms with E-state index in [9.17, 15) is 4.79 Å². The Balaban J connectivity index is 1.71. The van der Waals surface area contributed by atoms with E-state index in [1.807, 2.05) is 26.0 Å². The zero-order chi connectivity index (χ0) is 24.0. The van der Waals surface area contributed by atoms with Gasteiger partial charge in [-0.1, -0.05) is 36.8 Å². The summed E-state index contributed by atoms with van der Waals surface area (Å²) in [6.45, 7) is 11.1. The van der Waals surface area contributed by atoms with Crippen molar-refractivity contribution >= 4 is 56.3 Å². The maximum atomic E-state index is 12.5. The maximum absolute atomic E-state index is 12.5. The van der Waals surface area contributed by atoms with Crippen LogP contribution in [0.1, 0.15) is 25.0 Å². The van der Waals surface area contributed by atoms with E-state index in [0.29, 0.717) is 33.3 Å². The van der Waals surface area contributed by atoms with Crippen molar-refractivity contribution in [2.24, 2.45) is 0 Å². The number of hydrogen-bond acceptors (Lipinski definition) is 5. The smallest absolute Gasteiger partial charge is 0.262 e. The predicted octanol–water partition coefficient (Wildman–Crippen LogP) is 5.14. The third kappa shape index (κ3) is 6.59. The topological polar surface area (TPSA) is 54.0 Å². The van der Waals surface area contributed by atoms with Crippen molar-refractivity contribution in [3.8, 4) is 11.5 Å². The van der Waals surface area contributed by atoms with Crippen LogP contribution in [0.25, 0.3) is 0 Å². The molecule has 0 atom stereocenters. The van der Waals surface area contributed by atoms with Gasteiger partial charge in [-0.25, -0.2) is 0 Å². The fourth-order valence-electron chi connectivity index (χ4n) is 3.61. The van der Waals surface area contributed by atoms with E-state index in [1.165, 1.54) is 0 Å². The second kappa shape index (κ2) is 12.0. The minimum absolute atomic E-state index is 0.173. The van der Waals surface area contributed by atoms with Crippen molar-refractivity contribution < 1.29 is 14.3 Å². The molecule has 0 aliphatic carbocycles. The number of nitrogens with zero attached hydrogens (tertiary/aromatic N) is 2. The number of halogens is 2. The zero-order valence-electron chi connectivity index (χ0n) is 19.1. The molecule has 33 heavy (non-hydrogen) atoms. The molecule has 0 saturated carbocycles. The summed E-state index contributed by atoms with van der Waals surface area (Å²) in [5.41, 5.74) is 2.35. The number of carbonyl (C=O) groups is 1. The van der Waals surface area contributed by atoms with Crippen LogP contribution in [-0.2, 0) is 4.79 Å². The molecule has 1 saturated heterocycles. The lowest BCUT2D eigenvalue weighted by Gasteiger charge is -2.35. The van der Waals surface area contributed by atoms with Crippen LogP contribution < -0.4 is 14.8 Å². The predicted molar refractivity (Wildman–Crippen MR) is 141 cm³/mol. The van der Waals surface area contributed by atoms with E-state index in [2.05, 4.69) is 38.0 Å². The van der Waals surface area contributed by atoms with E-state index in [0.717, 1.165) is 48.8 Å². The number of likely N-dealkylation sites (N-methyl/N-ethyl adjacent to an activating group) is 1. The summed E-state index contributed by atoms with van der Waals surface area (Å²) < 4.78 is 12.4. The Hall–Kier alpha value is -1.87. The Morgan fingerprint density at radius 2 is 1.91 bits per heavy atom. The lowest BCUT2D eigenvalue weighted by Crippen LogP contribution is -2.48. The molecule has 3 rings (SSSR count). The molecule has 2 aromatic carbocycles. The first-order chi connectivity index (χ1) is 15.8. The molecule has 1 fully saturated rings. The van der Waals surface area contributed by atoms with Crippen molar-refractivity contribution in [2.45, 2.75) is 20.8 Å². The van der Waals surface area contributed by atoms with Gasteiger partial charge in [0, 0.05) is 42.5 Å². The van der Waals surface area contributed by atoms with Gasteiger partial charge in [0.05, 0.1) is 11.1 Å². The number of rotatable bonds is 8. The molecular formula is C24H29BrClN3O3S. The highest BCUT2D eigenvalue weighted by molar-refractivity contribution is 9.10. The maximum Gasteiger partial charge on any atom is 0.262 e. The number of thiocarbonyl (C=S) groups is 1. The van der Waals surface area contributed by atoms with Crippen LogP contribution in [-0.4, -0.2) is 66.6 Å². The minimum Gasteiger partial charge on any atom is -0.490 e. The van der Waals surface area contributed by atoms with Crippen LogP contribution in [0.2, 0.25) is 5.02 Å². The first-order valence-electron chi connectivity index (χ1n) is 11.0. The first kappa shape index (κ1) is 25.7. The van der Waals surface area contributed by atoms with Crippen molar-refractivity contribution in [3.63, 3.8) is 0 Å². The SMILES string of the molecule is CCOc1cc(C(=S)N2CCN(CC)CC2)cc(Br)c1OCC(=O)Nc1cccc(Cl)c1C. The van der Waals surface area contributed by atoms with Crippen LogP contribution in [0.3, 0.4) is 0 Å².